The first-order valence-corrected chi connectivity index (χ1v) is 9.59. The van der Waals surface area contributed by atoms with E-state index >= 15 is 0 Å². The number of ether oxygens (including phenoxy) is 2. The molecule has 2 aromatic carbocycles. The van der Waals surface area contributed by atoms with E-state index < -0.39 is 17.5 Å². The third kappa shape index (κ3) is 3.33. The third-order valence-electron chi connectivity index (χ3n) is 5.34. The van der Waals surface area contributed by atoms with Gasteiger partial charge in [-0.1, -0.05) is 43.7 Å². The van der Waals surface area contributed by atoms with Gasteiger partial charge in [-0.15, -0.1) is 0 Å². The number of Topliss-reactive ketones (excluding diaryl/α,β-unsaturated/α-hetero) is 1. The van der Waals surface area contributed by atoms with Crippen molar-refractivity contribution in [1.82, 2.24) is 10.2 Å². The quantitative estimate of drug-likeness (QED) is 0.601. The van der Waals surface area contributed by atoms with Crippen molar-refractivity contribution < 1.29 is 23.9 Å². The summed E-state index contributed by atoms with van der Waals surface area (Å²) in [6.45, 7) is 3.52. The fourth-order valence-corrected chi connectivity index (χ4v) is 3.62. The van der Waals surface area contributed by atoms with Gasteiger partial charge >= 0.3 is 6.03 Å². The second-order valence-electron chi connectivity index (χ2n) is 7.38. The predicted octanol–water partition coefficient (Wildman–Crippen LogP) is 3.02. The van der Waals surface area contributed by atoms with E-state index in [1.807, 2.05) is 12.1 Å². The number of nitrogens with zero attached hydrogens (tertiary/aromatic N) is 1. The molecule has 2 aliphatic heterocycles. The van der Waals surface area contributed by atoms with Gasteiger partial charge in [0.1, 0.15) is 5.54 Å². The van der Waals surface area contributed by atoms with Crippen LogP contribution in [0, 0.1) is 0 Å². The van der Waals surface area contributed by atoms with Crippen LogP contribution in [-0.4, -0.2) is 36.0 Å². The highest BCUT2D eigenvalue weighted by atomic mass is 16.7. The van der Waals surface area contributed by atoms with Gasteiger partial charge in [-0.05, 0) is 36.6 Å². The first-order chi connectivity index (χ1) is 13.9. The lowest BCUT2D eigenvalue weighted by molar-refractivity contribution is -0.130. The summed E-state index contributed by atoms with van der Waals surface area (Å²) in [6, 6.07) is 11.8. The van der Waals surface area contributed by atoms with Crippen molar-refractivity contribution in [2.24, 2.45) is 0 Å². The maximum atomic E-state index is 13.1. The molecular formula is C22H22N2O5. The van der Waals surface area contributed by atoms with Gasteiger partial charge in [-0.25, -0.2) is 4.79 Å². The van der Waals surface area contributed by atoms with Crippen LogP contribution in [-0.2, 0) is 16.8 Å². The van der Waals surface area contributed by atoms with Gasteiger partial charge in [0.25, 0.3) is 5.91 Å². The Balaban J connectivity index is 1.52. The molecule has 1 unspecified atom stereocenters. The minimum atomic E-state index is -1.27. The minimum Gasteiger partial charge on any atom is -0.454 e. The molecule has 0 radical (unpaired) electrons. The average molecular weight is 394 g/mol. The highest BCUT2D eigenvalue weighted by Gasteiger charge is 2.49. The number of benzene rings is 2. The fourth-order valence-electron chi connectivity index (χ4n) is 3.62. The highest BCUT2D eigenvalue weighted by Crippen LogP contribution is 2.37. The molecule has 1 fully saturated rings. The van der Waals surface area contributed by atoms with E-state index in [2.05, 4.69) is 12.2 Å². The van der Waals surface area contributed by atoms with Crippen molar-refractivity contribution in [3.05, 3.63) is 59.2 Å². The van der Waals surface area contributed by atoms with Crippen LogP contribution >= 0.6 is 0 Å². The summed E-state index contributed by atoms with van der Waals surface area (Å²) in [6.07, 6.45) is 1.96. The summed E-state index contributed by atoms with van der Waals surface area (Å²) in [5.41, 5.74) is 0.916. The Labute approximate surface area is 168 Å². The van der Waals surface area contributed by atoms with Crippen molar-refractivity contribution in [3.63, 3.8) is 0 Å². The average Bonchev–Trinajstić information content (AvgIpc) is 3.27. The van der Waals surface area contributed by atoms with Crippen LogP contribution in [0.2, 0.25) is 0 Å². The van der Waals surface area contributed by atoms with Gasteiger partial charge in [0, 0.05) is 5.56 Å². The Bertz CT molecular complexity index is 985. The molecule has 0 aliphatic carbocycles. The lowest BCUT2D eigenvalue weighted by atomic mass is 9.91. The molecule has 1 N–H and O–H groups in total. The summed E-state index contributed by atoms with van der Waals surface area (Å²) in [5.74, 6) is 0.351. The van der Waals surface area contributed by atoms with Crippen LogP contribution in [0.25, 0.3) is 0 Å². The molecule has 150 valence electrons. The van der Waals surface area contributed by atoms with Crippen molar-refractivity contribution in [1.29, 1.82) is 0 Å². The summed E-state index contributed by atoms with van der Waals surface area (Å²) in [7, 11) is 0. The van der Waals surface area contributed by atoms with E-state index in [-0.39, 0.29) is 19.1 Å². The molecule has 0 spiro atoms. The van der Waals surface area contributed by atoms with Gasteiger partial charge in [0.05, 0.1) is 6.54 Å². The number of aryl methyl sites for hydroxylation is 1. The Morgan fingerprint density at radius 3 is 2.55 bits per heavy atom. The number of carbonyl (C=O) groups excluding carboxylic acids is 3. The number of fused-ring (bicyclic) bond motifs is 1. The summed E-state index contributed by atoms with van der Waals surface area (Å²) in [5, 5.41) is 2.71. The zero-order chi connectivity index (χ0) is 20.6. The van der Waals surface area contributed by atoms with Crippen LogP contribution in [0.15, 0.2) is 42.5 Å². The lowest BCUT2D eigenvalue weighted by Crippen LogP contribution is -2.41. The monoisotopic (exact) mass is 394 g/mol. The molecule has 1 saturated heterocycles. The number of ketones is 1. The Morgan fingerprint density at radius 1 is 1.10 bits per heavy atom. The molecule has 7 nitrogen and oxygen atoms in total. The van der Waals surface area contributed by atoms with E-state index in [9.17, 15) is 14.4 Å². The van der Waals surface area contributed by atoms with Crippen molar-refractivity contribution >= 4 is 17.7 Å². The van der Waals surface area contributed by atoms with Gasteiger partial charge in [-0.3, -0.25) is 14.5 Å². The second kappa shape index (κ2) is 7.24. The van der Waals surface area contributed by atoms with Crippen LogP contribution in [0.5, 0.6) is 11.5 Å². The van der Waals surface area contributed by atoms with E-state index in [4.69, 9.17) is 9.47 Å². The number of imide groups is 1. The third-order valence-corrected chi connectivity index (χ3v) is 5.34. The van der Waals surface area contributed by atoms with Crippen molar-refractivity contribution in [2.45, 2.75) is 32.2 Å². The summed E-state index contributed by atoms with van der Waals surface area (Å²) in [4.78, 5) is 39.2. The number of nitrogens with one attached hydrogen (secondary N) is 1. The molecule has 7 heteroatoms. The molecule has 2 heterocycles. The number of urea groups is 1. The molecule has 1 atom stereocenters. The fraction of sp³-hybridized carbons (Fsp3) is 0.318. The number of rotatable bonds is 6. The smallest absolute Gasteiger partial charge is 0.325 e. The van der Waals surface area contributed by atoms with E-state index in [1.54, 1.807) is 37.3 Å². The summed E-state index contributed by atoms with van der Waals surface area (Å²) >= 11 is 0. The standard InChI is InChI=1S/C22H22N2O5/c1-3-4-14-5-7-15(8-6-14)17(25)12-24-20(26)22(2,23-21(24)27)16-9-10-18-19(11-16)29-13-28-18/h5-11H,3-4,12-13H2,1-2H3,(H,23,27). The molecule has 29 heavy (non-hydrogen) atoms. The van der Waals surface area contributed by atoms with E-state index in [0.717, 1.165) is 23.3 Å². The van der Waals surface area contributed by atoms with Crippen molar-refractivity contribution in [3.8, 4) is 11.5 Å². The molecule has 0 saturated carbocycles. The molecule has 0 aromatic heterocycles. The predicted molar refractivity (Wildman–Crippen MR) is 105 cm³/mol. The SMILES string of the molecule is CCCc1ccc(C(=O)CN2C(=O)NC(C)(c3ccc4c(c3)OCO4)C2=O)cc1. The van der Waals surface area contributed by atoms with Crippen LogP contribution in [0.3, 0.4) is 0 Å². The van der Waals surface area contributed by atoms with E-state index in [0.29, 0.717) is 22.6 Å². The normalized spacial score (nSPS) is 20.1. The molecule has 0 bridgehead atoms. The summed E-state index contributed by atoms with van der Waals surface area (Å²) < 4.78 is 10.7. The first-order valence-electron chi connectivity index (χ1n) is 9.59. The molecule has 3 amide bonds. The van der Waals surface area contributed by atoms with Gasteiger partial charge < -0.3 is 14.8 Å². The lowest BCUT2D eigenvalue weighted by Gasteiger charge is -2.22. The molecule has 4 rings (SSSR count). The minimum absolute atomic E-state index is 0.119. The first kappa shape index (κ1) is 19.0. The van der Waals surface area contributed by atoms with Crippen LogP contribution in [0.4, 0.5) is 4.79 Å². The Hall–Kier alpha value is -3.35. The second-order valence-corrected chi connectivity index (χ2v) is 7.38. The maximum absolute atomic E-state index is 13.1. The largest absolute Gasteiger partial charge is 0.454 e. The van der Waals surface area contributed by atoms with Gasteiger partial charge in [-0.2, -0.15) is 0 Å². The van der Waals surface area contributed by atoms with Gasteiger partial charge in [0.15, 0.2) is 17.3 Å². The molecular weight excluding hydrogens is 372 g/mol. The number of carbonyl (C=O) groups is 3. The van der Waals surface area contributed by atoms with Crippen LogP contribution < -0.4 is 14.8 Å². The topological polar surface area (TPSA) is 84.9 Å². The zero-order valence-corrected chi connectivity index (χ0v) is 16.4. The Morgan fingerprint density at radius 2 is 1.83 bits per heavy atom. The maximum Gasteiger partial charge on any atom is 0.325 e. The van der Waals surface area contributed by atoms with Gasteiger partial charge in [0.2, 0.25) is 6.79 Å². The molecule has 2 aromatic rings. The number of hydrogen-bond acceptors (Lipinski definition) is 5. The Kier molecular flexibility index (Phi) is 4.74. The number of amides is 3. The van der Waals surface area contributed by atoms with E-state index in [1.165, 1.54) is 0 Å². The number of hydrogen-bond donors (Lipinski definition) is 1. The molecule has 2 aliphatic rings. The van der Waals surface area contributed by atoms with Crippen molar-refractivity contribution in [2.75, 3.05) is 13.3 Å². The van der Waals surface area contributed by atoms with Crippen LogP contribution in [0.1, 0.15) is 41.8 Å². The highest BCUT2D eigenvalue weighted by molar-refractivity contribution is 6.11. The zero-order valence-electron chi connectivity index (χ0n) is 16.4.